The van der Waals surface area contributed by atoms with Crippen molar-refractivity contribution in [2.75, 3.05) is 0 Å². The average molecular weight is 236 g/mol. The molecule has 0 spiro atoms. The molecule has 96 valence electrons. The average Bonchev–Trinajstić information content (AvgIpc) is 2.26. The van der Waals surface area contributed by atoms with Crippen LogP contribution in [0.2, 0.25) is 0 Å². The molecule has 1 unspecified atom stereocenters. The minimum atomic E-state index is -0.376. The van der Waals surface area contributed by atoms with Crippen LogP contribution in [0.25, 0.3) is 0 Å². The molecule has 0 aliphatic heterocycles. The quantitative estimate of drug-likeness (QED) is 0.799. The number of aliphatic hydroxyl groups excluding tert-OH is 1. The maximum atomic E-state index is 11.7. The molecule has 1 saturated carbocycles. The molecular weight excluding hydrogens is 212 g/mol. The molecule has 1 fully saturated rings. The molecule has 0 aromatic carbocycles. The van der Waals surface area contributed by atoms with Gasteiger partial charge in [-0.3, -0.25) is 4.79 Å². The Morgan fingerprint density at radius 2 is 1.88 bits per heavy atom. The van der Waals surface area contributed by atoms with Gasteiger partial charge < -0.3 is 5.11 Å². The topological polar surface area (TPSA) is 37.3 Å². The van der Waals surface area contributed by atoms with Crippen molar-refractivity contribution in [1.82, 2.24) is 0 Å². The number of rotatable bonds is 2. The number of carbonyl (C=O) groups excluding carboxylic acids is 1. The van der Waals surface area contributed by atoms with E-state index in [0.29, 0.717) is 12.3 Å². The normalized spacial score (nSPS) is 27.7. The Morgan fingerprint density at radius 1 is 1.24 bits per heavy atom. The molecule has 0 amide bonds. The summed E-state index contributed by atoms with van der Waals surface area (Å²) in [6, 6.07) is 0. The van der Waals surface area contributed by atoms with E-state index in [1.807, 2.05) is 0 Å². The minimum absolute atomic E-state index is 0.0246. The predicted molar refractivity (Wildman–Crippen MR) is 68.7 cm³/mol. The minimum Gasteiger partial charge on any atom is -0.388 e. The number of aliphatic hydroxyl groups is 1. The number of allylic oxidation sites excluding steroid dienone is 1. The predicted octanol–water partition coefficient (Wildman–Crippen LogP) is 3.24. The number of hydrogen-bond donors (Lipinski definition) is 1. The maximum absolute atomic E-state index is 11.7. The number of ketones is 1. The molecule has 0 aromatic heterocycles. The molecule has 2 heteroatoms. The van der Waals surface area contributed by atoms with E-state index in [-0.39, 0.29) is 17.3 Å². The Labute approximate surface area is 104 Å². The zero-order chi connectivity index (χ0) is 12.5. The fourth-order valence-corrected chi connectivity index (χ4v) is 3.34. The van der Waals surface area contributed by atoms with Crippen LogP contribution in [0.5, 0.6) is 0 Å². The van der Waals surface area contributed by atoms with E-state index >= 15 is 0 Å². The molecule has 1 atom stereocenters. The van der Waals surface area contributed by atoms with Crippen molar-refractivity contribution in [3.05, 3.63) is 11.6 Å². The third-order valence-corrected chi connectivity index (χ3v) is 4.16. The summed E-state index contributed by atoms with van der Waals surface area (Å²) in [7, 11) is 0. The van der Waals surface area contributed by atoms with E-state index in [4.69, 9.17) is 0 Å². The third kappa shape index (κ3) is 3.19. The molecule has 1 N–H and O–H groups in total. The molecule has 2 rings (SSSR count). The van der Waals surface area contributed by atoms with Gasteiger partial charge in [-0.2, -0.15) is 0 Å². The van der Waals surface area contributed by atoms with Gasteiger partial charge in [0.05, 0.1) is 6.10 Å². The van der Waals surface area contributed by atoms with Crippen LogP contribution in [0, 0.1) is 11.3 Å². The van der Waals surface area contributed by atoms with Crippen LogP contribution in [-0.2, 0) is 4.79 Å². The zero-order valence-electron chi connectivity index (χ0n) is 11.0. The van der Waals surface area contributed by atoms with E-state index in [9.17, 15) is 9.90 Å². The molecule has 2 aliphatic carbocycles. The highest BCUT2D eigenvalue weighted by Crippen LogP contribution is 2.38. The van der Waals surface area contributed by atoms with Crippen LogP contribution < -0.4 is 0 Å². The first-order chi connectivity index (χ1) is 7.98. The smallest absolute Gasteiger partial charge is 0.156 e. The summed E-state index contributed by atoms with van der Waals surface area (Å²) >= 11 is 0. The summed E-state index contributed by atoms with van der Waals surface area (Å²) in [5.41, 5.74) is 1.01. The van der Waals surface area contributed by atoms with Crippen LogP contribution in [-0.4, -0.2) is 17.0 Å². The van der Waals surface area contributed by atoms with Gasteiger partial charge in [-0.1, -0.05) is 33.1 Å². The Kier molecular flexibility index (Phi) is 3.72. The lowest BCUT2D eigenvalue weighted by Gasteiger charge is -2.34. The highest BCUT2D eigenvalue weighted by Gasteiger charge is 2.33. The van der Waals surface area contributed by atoms with E-state index in [0.717, 1.165) is 24.8 Å². The first kappa shape index (κ1) is 12.8. The van der Waals surface area contributed by atoms with E-state index < -0.39 is 0 Å². The summed E-state index contributed by atoms with van der Waals surface area (Å²) in [5, 5.41) is 10.4. The van der Waals surface area contributed by atoms with Gasteiger partial charge in [-0.25, -0.2) is 0 Å². The van der Waals surface area contributed by atoms with Gasteiger partial charge in [0.2, 0.25) is 0 Å². The molecule has 0 radical (unpaired) electrons. The van der Waals surface area contributed by atoms with Crippen LogP contribution >= 0.6 is 0 Å². The Balaban J connectivity index is 2.07. The summed E-state index contributed by atoms with van der Waals surface area (Å²) < 4.78 is 0. The van der Waals surface area contributed by atoms with E-state index in [1.165, 1.54) is 19.3 Å². The molecule has 0 aromatic rings. The SMILES string of the molecule is CC1(C)CC(=O)C=C(C(O)C2CCCCC2)C1. The lowest BCUT2D eigenvalue weighted by Crippen LogP contribution is -2.31. The van der Waals surface area contributed by atoms with Crippen molar-refractivity contribution in [3.8, 4) is 0 Å². The lowest BCUT2D eigenvalue weighted by molar-refractivity contribution is -0.117. The largest absolute Gasteiger partial charge is 0.388 e. The van der Waals surface area contributed by atoms with Gasteiger partial charge in [0.25, 0.3) is 0 Å². The van der Waals surface area contributed by atoms with Crippen LogP contribution in [0.3, 0.4) is 0 Å². The van der Waals surface area contributed by atoms with Crippen molar-refractivity contribution in [2.45, 2.75) is 64.9 Å². The van der Waals surface area contributed by atoms with Crippen molar-refractivity contribution in [3.63, 3.8) is 0 Å². The fourth-order valence-electron chi connectivity index (χ4n) is 3.34. The molecular formula is C15H24O2. The standard InChI is InChI=1S/C15H24O2/c1-15(2)9-12(8-13(16)10-15)14(17)11-6-4-3-5-7-11/h8,11,14,17H,3-7,9-10H2,1-2H3. The second-order valence-corrected chi connectivity index (χ2v) is 6.55. The van der Waals surface area contributed by atoms with Crippen molar-refractivity contribution in [1.29, 1.82) is 0 Å². The molecule has 0 heterocycles. The Hall–Kier alpha value is -0.630. The van der Waals surface area contributed by atoms with Crippen molar-refractivity contribution < 1.29 is 9.90 Å². The highest BCUT2D eigenvalue weighted by atomic mass is 16.3. The van der Waals surface area contributed by atoms with Crippen LogP contribution in [0.1, 0.15) is 58.8 Å². The van der Waals surface area contributed by atoms with E-state index in [2.05, 4.69) is 13.8 Å². The van der Waals surface area contributed by atoms with Crippen molar-refractivity contribution >= 4 is 5.78 Å². The summed E-state index contributed by atoms with van der Waals surface area (Å²) in [4.78, 5) is 11.7. The van der Waals surface area contributed by atoms with Crippen LogP contribution in [0.4, 0.5) is 0 Å². The third-order valence-electron chi connectivity index (χ3n) is 4.16. The van der Waals surface area contributed by atoms with E-state index in [1.54, 1.807) is 6.08 Å². The monoisotopic (exact) mass is 236 g/mol. The Bertz CT molecular complexity index is 322. The summed E-state index contributed by atoms with van der Waals surface area (Å²) in [6.45, 7) is 4.23. The van der Waals surface area contributed by atoms with Gasteiger partial charge in [-0.05, 0) is 42.2 Å². The first-order valence-electron chi connectivity index (χ1n) is 6.89. The molecule has 2 nitrogen and oxygen atoms in total. The lowest BCUT2D eigenvalue weighted by atomic mass is 9.72. The van der Waals surface area contributed by atoms with Gasteiger partial charge in [0.1, 0.15) is 0 Å². The Morgan fingerprint density at radius 3 is 2.47 bits per heavy atom. The number of carbonyl (C=O) groups is 1. The van der Waals surface area contributed by atoms with Gasteiger partial charge in [-0.15, -0.1) is 0 Å². The van der Waals surface area contributed by atoms with Gasteiger partial charge in [0.15, 0.2) is 5.78 Å². The molecule has 0 bridgehead atoms. The molecule has 17 heavy (non-hydrogen) atoms. The molecule has 0 saturated heterocycles. The summed E-state index contributed by atoms with van der Waals surface area (Å²) in [6.07, 6.45) is 8.82. The van der Waals surface area contributed by atoms with Gasteiger partial charge in [0, 0.05) is 6.42 Å². The van der Waals surface area contributed by atoms with Crippen molar-refractivity contribution in [2.24, 2.45) is 11.3 Å². The highest BCUT2D eigenvalue weighted by molar-refractivity contribution is 5.92. The second-order valence-electron chi connectivity index (χ2n) is 6.55. The number of hydrogen-bond acceptors (Lipinski definition) is 2. The second kappa shape index (κ2) is 4.93. The summed E-state index contributed by atoms with van der Waals surface area (Å²) in [5.74, 6) is 0.572. The fraction of sp³-hybridized carbons (Fsp3) is 0.800. The first-order valence-corrected chi connectivity index (χ1v) is 6.89. The van der Waals surface area contributed by atoms with Crippen LogP contribution in [0.15, 0.2) is 11.6 Å². The zero-order valence-corrected chi connectivity index (χ0v) is 11.0. The molecule has 2 aliphatic rings. The van der Waals surface area contributed by atoms with Gasteiger partial charge >= 0.3 is 0 Å². The maximum Gasteiger partial charge on any atom is 0.156 e.